The fourth-order valence-corrected chi connectivity index (χ4v) is 13.1. The Balaban J connectivity index is 2.59. The van der Waals surface area contributed by atoms with Gasteiger partial charge in [0.25, 0.3) is 6.54 Å². The highest BCUT2D eigenvalue weighted by molar-refractivity contribution is 7.66. The quantitative estimate of drug-likeness (QED) is 0.0338. The van der Waals surface area contributed by atoms with Crippen molar-refractivity contribution in [1.29, 1.82) is 0 Å². The van der Waals surface area contributed by atoms with Gasteiger partial charge >= 0.3 is 34.9 Å². The van der Waals surface area contributed by atoms with Crippen molar-refractivity contribution in [1.82, 2.24) is 9.55 Å². The largest absolute Gasteiger partial charge is 0.527 e. The van der Waals surface area contributed by atoms with Crippen LogP contribution >= 0.6 is 23.5 Å². The molecule has 0 aliphatic carbocycles. The van der Waals surface area contributed by atoms with Gasteiger partial charge in [0.1, 0.15) is 37.2 Å². The van der Waals surface area contributed by atoms with Gasteiger partial charge in [-0.3, -0.25) is 14.0 Å². The van der Waals surface area contributed by atoms with E-state index < -0.39 is 70.7 Å². The van der Waals surface area contributed by atoms with Gasteiger partial charge in [-0.25, -0.2) is 27.5 Å². The number of phosphoric ester groups is 1. The van der Waals surface area contributed by atoms with Crippen LogP contribution in [0.25, 0.3) is 0 Å². The first-order chi connectivity index (χ1) is 26.4. The molecule has 0 saturated carbocycles. The first kappa shape index (κ1) is 51.9. The van der Waals surface area contributed by atoms with Crippen LogP contribution in [-0.4, -0.2) is 162 Å². The number of likely N-dealkylation sites (N-methyl/N-ethyl adjacent to an activating group) is 4. The Morgan fingerprint density at radius 3 is 1.60 bits per heavy atom. The van der Waals surface area contributed by atoms with Crippen LogP contribution in [0.1, 0.15) is 82.4 Å². The van der Waals surface area contributed by atoms with Crippen molar-refractivity contribution in [3.63, 3.8) is 0 Å². The van der Waals surface area contributed by atoms with Crippen LogP contribution in [0.2, 0.25) is 0 Å². The van der Waals surface area contributed by atoms with E-state index in [0.29, 0.717) is 59.3 Å². The number of hydrogen-bond donors (Lipinski definition) is 6. The molecule has 3 unspecified atom stereocenters. The highest BCUT2D eigenvalue weighted by Crippen LogP contribution is 2.69. The van der Waals surface area contributed by atoms with E-state index in [1.807, 2.05) is 13.8 Å². The van der Waals surface area contributed by atoms with Gasteiger partial charge in [-0.1, -0.05) is 9.27 Å². The van der Waals surface area contributed by atoms with Crippen LogP contribution in [-0.2, 0) is 36.2 Å². The number of ether oxygens (including phenoxy) is 1. The maximum Gasteiger partial charge on any atom is 0.527 e. The molecule has 7 atom stereocenters. The summed E-state index contributed by atoms with van der Waals surface area (Å²) in [4.78, 5) is 48.6. The zero-order valence-corrected chi connectivity index (χ0v) is 38.4. The Hall–Kier alpha value is -1.19. The predicted octanol–water partition coefficient (Wildman–Crippen LogP) is 2.87. The number of aromatic nitrogens is 2. The number of nitrogen functional groups attached to an aromatic ring is 1. The van der Waals surface area contributed by atoms with Gasteiger partial charge in [0.2, 0.25) is 0 Å². The first-order valence-corrected chi connectivity index (χ1v) is 24.5. The van der Waals surface area contributed by atoms with Crippen molar-refractivity contribution < 1.29 is 79.2 Å². The summed E-state index contributed by atoms with van der Waals surface area (Å²) < 4.78 is 68.4. The molecule has 57 heavy (non-hydrogen) atoms. The molecule has 334 valence electrons. The number of anilines is 1. The minimum atomic E-state index is -5.95. The molecular formula is C33H72N7O14P3+4. The van der Waals surface area contributed by atoms with Crippen molar-refractivity contribution >= 4 is 29.3 Å². The van der Waals surface area contributed by atoms with E-state index in [0.717, 1.165) is 30.4 Å². The molecule has 24 heteroatoms. The molecule has 1 aromatic heterocycles. The predicted molar refractivity (Wildman–Crippen MR) is 212 cm³/mol. The van der Waals surface area contributed by atoms with Gasteiger partial charge in [-0.05, 0) is 82.2 Å². The molecule has 0 radical (unpaired) electrons. The summed E-state index contributed by atoms with van der Waals surface area (Å²) in [5, 5.41) is 21.0. The van der Waals surface area contributed by atoms with Crippen molar-refractivity contribution in [2.75, 3.05) is 90.9 Å². The molecule has 1 fully saturated rings. The molecular weight excluding hydrogens is 811 g/mol. The van der Waals surface area contributed by atoms with E-state index in [9.17, 15) is 43.4 Å². The molecule has 2 heterocycles. The van der Waals surface area contributed by atoms with Crippen LogP contribution in [0.3, 0.4) is 0 Å². The second kappa shape index (κ2) is 20.1. The van der Waals surface area contributed by atoms with Gasteiger partial charge in [0.05, 0.1) is 65.5 Å². The number of nitrogens with two attached hydrogens (primary N) is 1. The normalized spacial score (nSPS) is 23.2. The lowest BCUT2D eigenvalue weighted by Crippen LogP contribution is -2.93. The van der Waals surface area contributed by atoms with Crippen LogP contribution in [0, 0.1) is 0 Å². The SMILES string of the molecule is CC[N+](CC)(CC)CC([N+](CC)(CC)CC)([N+](CC)(CC)CC)[N+](CC)(CC)OP(=O)(O)OP(=O)(O)OP(=O)(O)OC[C@H]1O[C@@H](n2ccc(N)nc2=O)[C@H](O)[C@@H]1O. The maximum atomic E-state index is 14.2. The molecule has 2 rings (SSSR count). The minimum absolute atomic E-state index is 0.111. The molecule has 0 spiro atoms. The molecule has 21 nitrogen and oxygen atoms in total. The summed E-state index contributed by atoms with van der Waals surface area (Å²) in [5.41, 5.74) is 4.58. The monoisotopic (exact) mass is 883 g/mol. The van der Waals surface area contributed by atoms with Crippen LogP contribution < -0.4 is 11.4 Å². The Bertz CT molecular complexity index is 1610. The second-order valence-corrected chi connectivity index (χ2v) is 19.0. The maximum absolute atomic E-state index is 14.2. The number of hydrogen-bond acceptors (Lipinski definition) is 13. The van der Waals surface area contributed by atoms with Gasteiger partial charge in [0, 0.05) is 6.20 Å². The van der Waals surface area contributed by atoms with E-state index in [4.69, 9.17) is 23.9 Å². The van der Waals surface area contributed by atoms with Crippen LogP contribution in [0.4, 0.5) is 5.82 Å². The molecule has 7 N–H and O–H groups in total. The number of nitrogens with zero attached hydrogens (tertiary/aromatic N) is 6. The number of rotatable bonds is 26. The van der Waals surface area contributed by atoms with Crippen molar-refractivity contribution in [3.8, 4) is 0 Å². The molecule has 0 amide bonds. The summed E-state index contributed by atoms with van der Waals surface area (Å²) >= 11 is 0. The fraction of sp³-hybridized carbons (Fsp3) is 0.879. The summed E-state index contributed by atoms with van der Waals surface area (Å²) in [6, 6.07) is 1.24. The molecule has 1 aliphatic rings. The number of aliphatic hydroxyl groups excluding tert-OH is 2. The lowest BCUT2D eigenvalue weighted by atomic mass is 9.99. The van der Waals surface area contributed by atoms with Crippen molar-refractivity contribution in [2.45, 2.75) is 106 Å². The van der Waals surface area contributed by atoms with Crippen molar-refractivity contribution in [2.24, 2.45) is 0 Å². The van der Waals surface area contributed by atoms with Crippen LogP contribution in [0.5, 0.6) is 0 Å². The average molecular weight is 884 g/mol. The minimum Gasteiger partial charge on any atom is -0.387 e. The topological polar surface area (TPSA) is 259 Å². The Morgan fingerprint density at radius 2 is 1.19 bits per heavy atom. The van der Waals surface area contributed by atoms with E-state index in [2.05, 4.69) is 71.6 Å². The molecule has 1 aromatic rings. The van der Waals surface area contributed by atoms with Gasteiger partial charge in [0.15, 0.2) is 6.23 Å². The van der Waals surface area contributed by atoms with E-state index >= 15 is 0 Å². The van der Waals surface area contributed by atoms with Crippen molar-refractivity contribution in [3.05, 3.63) is 22.7 Å². The average Bonchev–Trinajstić information content (AvgIpc) is 3.44. The fourth-order valence-electron chi connectivity index (χ4n) is 9.28. The number of hydroxylamine groups is 3. The highest BCUT2D eigenvalue weighted by atomic mass is 31.3. The summed E-state index contributed by atoms with van der Waals surface area (Å²) in [6.07, 6.45) is -5.43. The molecule has 0 aromatic carbocycles. The Kier molecular flexibility index (Phi) is 18.3. The number of aliphatic hydroxyl groups is 2. The molecule has 1 aliphatic heterocycles. The Morgan fingerprint density at radius 1 is 0.737 bits per heavy atom. The lowest BCUT2D eigenvalue weighted by Gasteiger charge is -2.64. The first-order valence-electron chi connectivity index (χ1n) is 20.0. The second-order valence-electron chi connectivity index (χ2n) is 14.5. The third kappa shape index (κ3) is 10.3. The van der Waals surface area contributed by atoms with Gasteiger partial charge in [-0.15, -0.1) is 0 Å². The molecule has 0 bridgehead atoms. The van der Waals surface area contributed by atoms with Gasteiger partial charge < -0.3 is 35.0 Å². The third-order valence-electron chi connectivity index (χ3n) is 12.9. The van der Waals surface area contributed by atoms with Crippen LogP contribution in [0.15, 0.2) is 17.1 Å². The standard InChI is InChI=1S/C33H68N7O14P3/c1-12-37(13-2,14-3)26-33(38(15-4,16-5)17-6,39(18-7,19-8)20-9)40(21-10,22-11)52-56(46,47)54-57(48,49)53-55(44,45)50-25-27-29(41)30(42)31(51-27)36-24-23-28(34)35-32(36)43/h23-24,27,29-31,41-42H,12-22,25-26H2,1-11H3,(H-4,34,35,43,44,45,46,47,48,49)/p+4/t27-,29-,30-,31-/m1/s1. The summed E-state index contributed by atoms with van der Waals surface area (Å²) in [7, 11) is -17.3. The van der Waals surface area contributed by atoms with E-state index in [1.54, 1.807) is 0 Å². The highest BCUT2D eigenvalue weighted by Gasteiger charge is 2.79. The number of quaternary nitrogens is 4. The zero-order chi connectivity index (χ0) is 43.9. The summed E-state index contributed by atoms with van der Waals surface area (Å²) in [5.74, 6) is -1.13. The Labute approximate surface area is 337 Å². The zero-order valence-electron chi connectivity index (χ0n) is 35.7. The summed E-state index contributed by atoms with van der Waals surface area (Å²) in [6.45, 7) is 28.3. The smallest absolute Gasteiger partial charge is 0.387 e. The van der Waals surface area contributed by atoms with Gasteiger partial charge in [-0.2, -0.15) is 13.6 Å². The molecule has 1 saturated heterocycles. The van der Waals surface area contributed by atoms with E-state index in [1.165, 1.54) is 6.07 Å². The number of phosphoric acid groups is 3. The third-order valence-corrected chi connectivity index (χ3v) is 17.2. The lowest BCUT2D eigenvalue weighted by molar-refractivity contribution is -1.38. The van der Waals surface area contributed by atoms with E-state index in [-0.39, 0.29) is 18.9 Å².